The minimum Gasteiger partial charge on any atom is -0.300 e. The third kappa shape index (κ3) is 1.38. The van der Waals surface area contributed by atoms with Crippen molar-refractivity contribution in [2.75, 3.05) is 0 Å². The average molecular weight is 225 g/mol. The quantitative estimate of drug-likeness (QED) is 0.735. The highest BCUT2D eigenvalue weighted by atomic mass is 19.1. The van der Waals surface area contributed by atoms with Crippen molar-refractivity contribution in [3.05, 3.63) is 35.1 Å². The van der Waals surface area contributed by atoms with Gasteiger partial charge in [-0.15, -0.1) is 0 Å². The number of halogens is 3. The zero-order valence-electron chi connectivity index (χ0n) is 8.06. The number of carbonyl (C=O) groups excluding carboxylic acids is 1. The first kappa shape index (κ1) is 10.7. The van der Waals surface area contributed by atoms with Gasteiger partial charge in [0.2, 0.25) is 0 Å². The standard InChI is InChI=1S/C11H6F3NO/c12-6-1-8(13)10(9(14)2-6)11(5-15)3-7(16)4-11/h1-2H,3-4H2. The van der Waals surface area contributed by atoms with E-state index < -0.39 is 28.4 Å². The van der Waals surface area contributed by atoms with E-state index in [2.05, 4.69) is 0 Å². The van der Waals surface area contributed by atoms with Gasteiger partial charge in [0.1, 0.15) is 28.6 Å². The van der Waals surface area contributed by atoms with Gasteiger partial charge in [0, 0.05) is 30.5 Å². The van der Waals surface area contributed by atoms with Gasteiger partial charge in [0.15, 0.2) is 0 Å². The molecule has 0 aromatic heterocycles. The maximum Gasteiger partial charge on any atom is 0.136 e. The third-order valence-corrected chi connectivity index (χ3v) is 2.70. The fraction of sp³-hybridized carbons (Fsp3) is 0.273. The van der Waals surface area contributed by atoms with Crippen molar-refractivity contribution in [2.45, 2.75) is 18.3 Å². The lowest BCUT2D eigenvalue weighted by Gasteiger charge is -2.34. The second-order valence-corrected chi connectivity index (χ2v) is 3.83. The van der Waals surface area contributed by atoms with Crippen molar-refractivity contribution in [3.8, 4) is 6.07 Å². The summed E-state index contributed by atoms with van der Waals surface area (Å²) in [6, 6.07) is 2.77. The van der Waals surface area contributed by atoms with E-state index in [-0.39, 0.29) is 18.6 Å². The summed E-state index contributed by atoms with van der Waals surface area (Å²) in [5.41, 5.74) is -1.96. The zero-order valence-corrected chi connectivity index (χ0v) is 8.06. The molecule has 1 aliphatic rings. The molecule has 2 nitrogen and oxygen atoms in total. The van der Waals surface area contributed by atoms with E-state index >= 15 is 0 Å². The first-order chi connectivity index (χ1) is 7.48. The number of hydrogen-bond donors (Lipinski definition) is 0. The molecule has 0 atom stereocenters. The Bertz CT molecular complexity index is 487. The third-order valence-electron chi connectivity index (χ3n) is 2.70. The second kappa shape index (κ2) is 3.34. The molecule has 0 heterocycles. The Kier molecular flexibility index (Phi) is 2.23. The molecule has 2 rings (SSSR count). The molecule has 1 saturated carbocycles. The average Bonchev–Trinajstić information content (AvgIpc) is 2.12. The lowest BCUT2D eigenvalue weighted by Crippen LogP contribution is -2.41. The maximum absolute atomic E-state index is 13.4. The summed E-state index contributed by atoms with van der Waals surface area (Å²) >= 11 is 0. The number of ketones is 1. The molecular weight excluding hydrogens is 219 g/mol. The summed E-state index contributed by atoms with van der Waals surface area (Å²) in [4.78, 5) is 10.9. The SMILES string of the molecule is N#CC1(c2c(F)cc(F)cc2F)CC(=O)C1. The van der Waals surface area contributed by atoms with Crippen LogP contribution in [0.4, 0.5) is 13.2 Å². The van der Waals surface area contributed by atoms with Crippen LogP contribution in [0, 0.1) is 28.8 Å². The van der Waals surface area contributed by atoms with E-state index in [9.17, 15) is 18.0 Å². The van der Waals surface area contributed by atoms with Crippen LogP contribution in [0.25, 0.3) is 0 Å². The Morgan fingerprint density at radius 2 is 1.69 bits per heavy atom. The summed E-state index contributed by atoms with van der Waals surface area (Å²) in [7, 11) is 0. The van der Waals surface area contributed by atoms with Crippen LogP contribution in [0.5, 0.6) is 0 Å². The molecule has 0 bridgehead atoms. The first-order valence-electron chi connectivity index (χ1n) is 4.56. The van der Waals surface area contributed by atoms with Gasteiger partial charge in [-0.1, -0.05) is 0 Å². The van der Waals surface area contributed by atoms with Crippen molar-refractivity contribution in [2.24, 2.45) is 0 Å². The number of carbonyl (C=O) groups is 1. The van der Waals surface area contributed by atoms with Gasteiger partial charge in [-0.2, -0.15) is 5.26 Å². The number of Topliss-reactive ketones (excluding diaryl/α,β-unsaturated/α-hetero) is 1. The molecule has 16 heavy (non-hydrogen) atoms. The van der Waals surface area contributed by atoms with Crippen molar-refractivity contribution in [3.63, 3.8) is 0 Å². The number of benzene rings is 1. The molecule has 82 valence electrons. The summed E-state index contributed by atoms with van der Waals surface area (Å²) in [5, 5.41) is 8.90. The lowest BCUT2D eigenvalue weighted by atomic mass is 9.64. The van der Waals surface area contributed by atoms with Crippen LogP contribution in [-0.2, 0) is 10.2 Å². The van der Waals surface area contributed by atoms with E-state index in [0.29, 0.717) is 12.1 Å². The van der Waals surface area contributed by atoms with Gasteiger partial charge >= 0.3 is 0 Å². The monoisotopic (exact) mass is 225 g/mol. The summed E-state index contributed by atoms with van der Waals surface area (Å²) < 4.78 is 39.5. The largest absolute Gasteiger partial charge is 0.300 e. The fourth-order valence-electron chi connectivity index (χ4n) is 1.93. The summed E-state index contributed by atoms with van der Waals surface area (Å²) in [5.74, 6) is -3.51. The van der Waals surface area contributed by atoms with Crippen LogP contribution >= 0.6 is 0 Å². The minimum absolute atomic E-state index is 0.219. The summed E-state index contributed by atoms with van der Waals surface area (Å²) in [6.45, 7) is 0. The van der Waals surface area contributed by atoms with Crippen LogP contribution in [0.15, 0.2) is 12.1 Å². The summed E-state index contributed by atoms with van der Waals surface area (Å²) in [6.07, 6.45) is -0.439. The molecule has 1 aliphatic carbocycles. The molecule has 0 amide bonds. The van der Waals surface area contributed by atoms with Crippen LogP contribution < -0.4 is 0 Å². The van der Waals surface area contributed by atoms with Crippen molar-refractivity contribution in [1.82, 2.24) is 0 Å². The van der Waals surface area contributed by atoms with Gasteiger partial charge < -0.3 is 0 Å². The normalized spacial score (nSPS) is 17.8. The Morgan fingerprint density at radius 1 is 1.19 bits per heavy atom. The number of hydrogen-bond acceptors (Lipinski definition) is 2. The van der Waals surface area contributed by atoms with Gasteiger partial charge in [0.05, 0.1) is 6.07 Å². The van der Waals surface area contributed by atoms with E-state index in [4.69, 9.17) is 5.26 Å². The molecule has 0 saturated heterocycles. The van der Waals surface area contributed by atoms with Gasteiger partial charge in [-0.25, -0.2) is 13.2 Å². The van der Waals surface area contributed by atoms with E-state index in [1.165, 1.54) is 0 Å². The molecule has 1 fully saturated rings. The van der Waals surface area contributed by atoms with Gasteiger partial charge in [0.25, 0.3) is 0 Å². The van der Waals surface area contributed by atoms with E-state index in [1.807, 2.05) is 0 Å². The Balaban J connectivity index is 2.57. The maximum atomic E-state index is 13.4. The van der Waals surface area contributed by atoms with Crippen LogP contribution in [0.3, 0.4) is 0 Å². The lowest BCUT2D eigenvalue weighted by molar-refractivity contribution is -0.126. The Morgan fingerprint density at radius 3 is 2.06 bits per heavy atom. The smallest absolute Gasteiger partial charge is 0.136 e. The van der Waals surface area contributed by atoms with Crippen molar-refractivity contribution < 1.29 is 18.0 Å². The molecule has 0 unspecified atom stereocenters. The highest BCUT2D eigenvalue weighted by Gasteiger charge is 2.48. The molecule has 1 aromatic rings. The molecule has 0 spiro atoms. The molecule has 1 aromatic carbocycles. The number of rotatable bonds is 1. The van der Waals surface area contributed by atoms with Gasteiger partial charge in [-0.05, 0) is 0 Å². The highest BCUT2D eigenvalue weighted by molar-refractivity contribution is 5.90. The van der Waals surface area contributed by atoms with Crippen LogP contribution in [-0.4, -0.2) is 5.78 Å². The predicted molar refractivity (Wildman–Crippen MR) is 47.8 cm³/mol. The molecule has 0 radical (unpaired) electrons. The van der Waals surface area contributed by atoms with Crippen molar-refractivity contribution >= 4 is 5.78 Å². The highest BCUT2D eigenvalue weighted by Crippen LogP contribution is 2.43. The van der Waals surface area contributed by atoms with E-state index in [0.717, 1.165) is 0 Å². The predicted octanol–water partition coefficient (Wildman–Crippen LogP) is 2.23. The number of nitrogens with zero attached hydrogens (tertiary/aromatic N) is 1. The van der Waals surface area contributed by atoms with Crippen LogP contribution in [0.1, 0.15) is 18.4 Å². The van der Waals surface area contributed by atoms with E-state index in [1.54, 1.807) is 6.07 Å². The molecule has 0 N–H and O–H groups in total. The second-order valence-electron chi connectivity index (χ2n) is 3.83. The zero-order chi connectivity index (χ0) is 11.9. The topological polar surface area (TPSA) is 40.9 Å². The van der Waals surface area contributed by atoms with Gasteiger partial charge in [-0.3, -0.25) is 4.79 Å². The van der Waals surface area contributed by atoms with Crippen LogP contribution in [0.2, 0.25) is 0 Å². The van der Waals surface area contributed by atoms with Crippen molar-refractivity contribution in [1.29, 1.82) is 5.26 Å². The Labute approximate surface area is 89.3 Å². The minimum atomic E-state index is -1.46. The molecular formula is C11H6F3NO. The fourth-order valence-corrected chi connectivity index (χ4v) is 1.93. The molecule has 5 heteroatoms. The Hall–Kier alpha value is -1.83. The molecule has 0 aliphatic heterocycles. The number of nitriles is 1. The first-order valence-corrected chi connectivity index (χ1v) is 4.56.